The Balaban J connectivity index is 0.000000606. The van der Waals surface area contributed by atoms with Gasteiger partial charge < -0.3 is 4.90 Å². The zero-order chi connectivity index (χ0) is 12.3. The minimum atomic E-state index is 0.0323. The number of hydrogen-bond donors (Lipinski definition) is 0. The molecule has 0 radical (unpaired) electrons. The third kappa shape index (κ3) is 1.97. The molecule has 0 saturated carbocycles. The Morgan fingerprint density at radius 2 is 1.94 bits per heavy atom. The molecule has 0 aromatic heterocycles. The summed E-state index contributed by atoms with van der Waals surface area (Å²) >= 11 is 0. The van der Waals surface area contributed by atoms with Crippen molar-refractivity contribution < 1.29 is 4.79 Å². The number of aryl methyl sites for hydroxylation is 1. The summed E-state index contributed by atoms with van der Waals surface area (Å²) < 4.78 is 0. The first-order chi connectivity index (χ1) is 7.65. The Morgan fingerprint density at radius 1 is 1.31 bits per heavy atom. The molecule has 0 saturated heterocycles. The highest BCUT2D eigenvalue weighted by atomic mass is 16.2. The van der Waals surface area contributed by atoms with Gasteiger partial charge in [0, 0.05) is 12.2 Å². The standard InChI is InChI=1S/C12H15NO.C2H6/c1-4-13-11-6-5-8(2)7-10(11)9(3)12(13)14;1-2/h5-7,9H,4H2,1-3H3;1-2H3. The van der Waals surface area contributed by atoms with Crippen LogP contribution in [0.1, 0.15) is 44.7 Å². The number of carbonyl (C=O) groups excluding carboxylic acids is 1. The first-order valence-electron chi connectivity index (χ1n) is 6.07. The number of likely N-dealkylation sites (N-methyl/N-ethyl adjacent to an activating group) is 1. The molecule has 0 bridgehead atoms. The van der Waals surface area contributed by atoms with E-state index >= 15 is 0 Å². The molecule has 2 rings (SSSR count). The van der Waals surface area contributed by atoms with Crippen molar-refractivity contribution in [2.45, 2.75) is 40.5 Å². The van der Waals surface area contributed by atoms with Crippen molar-refractivity contribution in [3.05, 3.63) is 29.3 Å². The van der Waals surface area contributed by atoms with E-state index in [1.165, 1.54) is 11.1 Å². The maximum absolute atomic E-state index is 11.8. The molecule has 0 spiro atoms. The second-order valence-corrected chi connectivity index (χ2v) is 3.87. The minimum absolute atomic E-state index is 0.0323. The van der Waals surface area contributed by atoms with E-state index in [1.807, 2.05) is 32.6 Å². The van der Waals surface area contributed by atoms with Crippen molar-refractivity contribution >= 4 is 11.6 Å². The smallest absolute Gasteiger partial charge is 0.234 e. The minimum Gasteiger partial charge on any atom is -0.312 e. The van der Waals surface area contributed by atoms with E-state index in [1.54, 1.807) is 0 Å². The van der Waals surface area contributed by atoms with Crippen molar-refractivity contribution in [2.75, 3.05) is 11.4 Å². The highest BCUT2D eigenvalue weighted by molar-refractivity contribution is 6.04. The fourth-order valence-corrected chi connectivity index (χ4v) is 2.08. The van der Waals surface area contributed by atoms with Gasteiger partial charge in [0.25, 0.3) is 0 Å². The van der Waals surface area contributed by atoms with Gasteiger partial charge in [-0.25, -0.2) is 0 Å². The summed E-state index contributed by atoms with van der Waals surface area (Å²) in [6, 6.07) is 6.23. The van der Waals surface area contributed by atoms with Gasteiger partial charge in [-0.3, -0.25) is 4.79 Å². The van der Waals surface area contributed by atoms with Crippen molar-refractivity contribution in [3.8, 4) is 0 Å². The molecule has 88 valence electrons. The zero-order valence-corrected chi connectivity index (χ0v) is 10.9. The Bertz CT molecular complexity index is 384. The maximum atomic E-state index is 11.8. The zero-order valence-electron chi connectivity index (χ0n) is 10.9. The Morgan fingerprint density at radius 3 is 2.50 bits per heavy atom. The molecule has 1 aliphatic heterocycles. The second kappa shape index (κ2) is 5.15. The van der Waals surface area contributed by atoms with E-state index in [0.29, 0.717) is 0 Å². The van der Waals surface area contributed by atoms with Crippen molar-refractivity contribution in [1.82, 2.24) is 0 Å². The molecular weight excluding hydrogens is 198 g/mol. The van der Waals surface area contributed by atoms with E-state index in [0.717, 1.165) is 12.2 Å². The van der Waals surface area contributed by atoms with Crippen LogP contribution in [0, 0.1) is 6.92 Å². The number of nitrogens with zero attached hydrogens (tertiary/aromatic N) is 1. The van der Waals surface area contributed by atoms with Gasteiger partial charge in [-0.15, -0.1) is 0 Å². The first kappa shape index (κ1) is 12.8. The second-order valence-electron chi connectivity index (χ2n) is 3.87. The molecule has 1 heterocycles. The lowest BCUT2D eigenvalue weighted by molar-refractivity contribution is -0.118. The predicted octanol–water partition coefficient (Wildman–Crippen LogP) is 3.49. The molecule has 0 fully saturated rings. The fraction of sp³-hybridized carbons (Fsp3) is 0.500. The lowest BCUT2D eigenvalue weighted by atomic mass is 10.0. The van der Waals surface area contributed by atoms with Crippen LogP contribution in [0.25, 0.3) is 0 Å². The summed E-state index contributed by atoms with van der Waals surface area (Å²) in [6.45, 7) is 10.8. The van der Waals surface area contributed by atoms with Gasteiger partial charge in [0.15, 0.2) is 0 Å². The van der Waals surface area contributed by atoms with Crippen LogP contribution in [-0.2, 0) is 4.79 Å². The number of anilines is 1. The molecular formula is C14H21NO. The van der Waals surface area contributed by atoms with E-state index in [9.17, 15) is 4.79 Å². The summed E-state index contributed by atoms with van der Waals surface area (Å²) in [5.41, 5.74) is 3.49. The van der Waals surface area contributed by atoms with E-state index < -0.39 is 0 Å². The Hall–Kier alpha value is -1.31. The lowest BCUT2D eigenvalue weighted by Gasteiger charge is -2.14. The summed E-state index contributed by atoms with van der Waals surface area (Å²) in [6.07, 6.45) is 0. The van der Waals surface area contributed by atoms with Gasteiger partial charge in [0.2, 0.25) is 5.91 Å². The quantitative estimate of drug-likeness (QED) is 0.708. The maximum Gasteiger partial charge on any atom is 0.234 e. The van der Waals surface area contributed by atoms with Crippen LogP contribution in [0.4, 0.5) is 5.69 Å². The summed E-state index contributed by atoms with van der Waals surface area (Å²) in [5.74, 6) is 0.262. The highest BCUT2D eigenvalue weighted by Crippen LogP contribution is 2.37. The van der Waals surface area contributed by atoms with Crippen LogP contribution >= 0.6 is 0 Å². The third-order valence-corrected chi connectivity index (χ3v) is 2.89. The van der Waals surface area contributed by atoms with E-state index in [2.05, 4.69) is 25.1 Å². The summed E-state index contributed by atoms with van der Waals surface area (Å²) in [7, 11) is 0. The lowest BCUT2D eigenvalue weighted by Crippen LogP contribution is -2.27. The van der Waals surface area contributed by atoms with Gasteiger partial charge in [-0.2, -0.15) is 0 Å². The van der Waals surface area contributed by atoms with Gasteiger partial charge >= 0.3 is 0 Å². The molecule has 1 aromatic carbocycles. The van der Waals surface area contributed by atoms with Crippen LogP contribution in [0.3, 0.4) is 0 Å². The third-order valence-electron chi connectivity index (χ3n) is 2.89. The van der Waals surface area contributed by atoms with Crippen LogP contribution in [0.15, 0.2) is 18.2 Å². The normalized spacial score (nSPS) is 17.9. The average Bonchev–Trinajstić information content (AvgIpc) is 2.55. The number of benzene rings is 1. The topological polar surface area (TPSA) is 20.3 Å². The Kier molecular flexibility index (Phi) is 4.11. The van der Waals surface area contributed by atoms with Crippen LogP contribution in [0.5, 0.6) is 0 Å². The Labute approximate surface area is 98.3 Å². The van der Waals surface area contributed by atoms with Crippen LogP contribution < -0.4 is 4.90 Å². The molecule has 2 heteroatoms. The molecule has 1 amide bonds. The molecule has 1 atom stereocenters. The number of hydrogen-bond acceptors (Lipinski definition) is 1. The van der Waals surface area contributed by atoms with Crippen LogP contribution in [0.2, 0.25) is 0 Å². The molecule has 0 aliphatic carbocycles. The first-order valence-corrected chi connectivity index (χ1v) is 6.07. The number of fused-ring (bicyclic) bond motifs is 1. The molecule has 1 aliphatic rings. The highest BCUT2D eigenvalue weighted by Gasteiger charge is 2.32. The van der Waals surface area contributed by atoms with Crippen LogP contribution in [-0.4, -0.2) is 12.5 Å². The van der Waals surface area contributed by atoms with E-state index in [-0.39, 0.29) is 11.8 Å². The molecule has 2 nitrogen and oxygen atoms in total. The van der Waals surface area contributed by atoms with Gasteiger partial charge in [-0.05, 0) is 32.4 Å². The summed E-state index contributed by atoms with van der Waals surface area (Å²) in [5, 5.41) is 0. The monoisotopic (exact) mass is 219 g/mol. The molecule has 16 heavy (non-hydrogen) atoms. The number of amides is 1. The molecule has 1 aromatic rings. The molecule has 1 unspecified atom stereocenters. The number of carbonyl (C=O) groups is 1. The fourth-order valence-electron chi connectivity index (χ4n) is 2.08. The average molecular weight is 219 g/mol. The number of rotatable bonds is 1. The summed E-state index contributed by atoms with van der Waals surface area (Å²) in [4.78, 5) is 13.7. The van der Waals surface area contributed by atoms with Gasteiger partial charge in [0.1, 0.15) is 0 Å². The van der Waals surface area contributed by atoms with Crippen molar-refractivity contribution in [3.63, 3.8) is 0 Å². The largest absolute Gasteiger partial charge is 0.312 e. The van der Waals surface area contributed by atoms with Crippen molar-refractivity contribution in [2.24, 2.45) is 0 Å². The molecule has 0 N–H and O–H groups in total. The van der Waals surface area contributed by atoms with E-state index in [4.69, 9.17) is 0 Å². The predicted molar refractivity (Wildman–Crippen MR) is 69.0 cm³/mol. The van der Waals surface area contributed by atoms with Gasteiger partial charge in [-0.1, -0.05) is 31.5 Å². The van der Waals surface area contributed by atoms with Gasteiger partial charge in [0.05, 0.1) is 5.92 Å². The SMILES string of the molecule is CC.CCN1C(=O)C(C)c2cc(C)ccc21. The van der Waals surface area contributed by atoms with Crippen molar-refractivity contribution in [1.29, 1.82) is 0 Å².